The molecule has 0 aromatic heterocycles. The second-order valence-corrected chi connectivity index (χ2v) is 29.5. The van der Waals surface area contributed by atoms with Crippen LogP contribution in [0.5, 0.6) is 0 Å². The van der Waals surface area contributed by atoms with Gasteiger partial charge in [0.05, 0.1) is 26.4 Å². The fraction of sp³-hybridized carbons (Fsp3) is 0.694. The van der Waals surface area contributed by atoms with Crippen LogP contribution in [0.2, 0.25) is 0 Å². The quantitative estimate of drug-likeness (QED) is 0.0169. The van der Waals surface area contributed by atoms with Crippen LogP contribution < -0.4 is 0 Å². The van der Waals surface area contributed by atoms with Gasteiger partial charge in [-0.2, -0.15) is 0 Å². The lowest BCUT2D eigenvalue weighted by Gasteiger charge is -2.21. The predicted octanol–water partition coefficient (Wildman–Crippen LogP) is 23.7. The molecule has 0 fully saturated rings. The van der Waals surface area contributed by atoms with E-state index < -0.39 is 97.5 Å². The van der Waals surface area contributed by atoms with E-state index in [1.54, 1.807) is 0 Å². The second kappa shape index (κ2) is 76.4. The van der Waals surface area contributed by atoms with Gasteiger partial charge in [-0.1, -0.05) is 271 Å². The number of aliphatic hydroxyl groups is 1. The average Bonchev–Trinajstić information content (AvgIpc) is 0.909. The molecule has 0 spiro atoms. The highest BCUT2D eigenvalue weighted by molar-refractivity contribution is 7.47. The van der Waals surface area contributed by atoms with Crippen LogP contribution in [-0.4, -0.2) is 96.7 Å². The van der Waals surface area contributed by atoms with E-state index in [1.165, 1.54) is 89.9 Å². The van der Waals surface area contributed by atoms with Gasteiger partial charge in [-0.15, -0.1) is 0 Å². The zero-order valence-corrected chi connectivity index (χ0v) is 66.9. The van der Waals surface area contributed by atoms with Gasteiger partial charge < -0.3 is 33.8 Å². The van der Waals surface area contributed by atoms with E-state index >= 15 is 0 Å². The number of hydrogen-bond donors (Lipinski definition) is 3. The number of carbonyl (C=O) groups is 4. The highest BCUT2D eigenvalue weighted by atomic mass is 31.2. The number of phosphoric acid groups is 2. The maximum atomic E-state index is 13.1. The normalized spacial score (nSPS) is 14.6. The number of unbranched alkanes of at least 4 members (excludes halogenated alkanes) is 27. The summed E-state index contributed by atoms with van der Waals surface area (Å²) in [6, 6.07) is 0. The van der Waals surface area contributed by atoms with Crippen molar-refractivity contribution in [2.24, 2.45) is 0 Å². The van der Waals surface area contributed by atoms with Crippen molar-refractivity contribution >= 4 is 39.5 Å². The number of rotatable bonds is 75. The summed E-state index contributed by atoms with van der Waals surface area (Å²) in [6.07, 6.45) is 85.8. The van der Waals surface area contributed by atoms with Crippen LogP contribution in [0.15, 0.2) is 134 Å². The number of carbonyl (C=O) groups excluding carboxylic acids is 4. The zero-order valence-electron chi connectivity index (χ0n) is 65.2. The second-order valence-electron chi connectivity index (χ2n) is 26.6. The SMILES string of the molecule is CCCCC/C=C\C/C=C\C/C=C\C/C=C\CCCC(=O)OC[C@H](COP(=O)(O)OC[C@@H](O)COP(=O)(O)OC[C@@H](COC(=O)CCCCCCCCC/C=C\CCCCCC)OC(=O)CCC/C=C\C/C=C\C/C=C\C/C=C\CCCCC)OC(=O)CCCCCCC/C=C\C/C=C\CCCCC. The van der Waals surface area contributed by atoms with Gasteiger partial charge in [0.1, 0.15) is 19.3 Å². The predicted molar refractivity (Wildman–Crippen MR) is 427 cm³/mol. The number of ether oxygens (including phenoxy) is 4. The Hall–Kier alpha value is -4.80. The van der Waals surface area contributed by atoms with E-state index in [9.17, 15) is 43.2 Å². The molecule has 0 aliphatic carbocycles. The molecule has 0 saturated heterocycles. The molecular formula is C85H144O17P2. The van der Waals surface area contributed by atoms with Crippen molar-refractivity contribution < 1.29 is 80.2 Å². The summed E-state index contributed by atoms with van der Waals surface area (Å²) in [6.45, 7) is 4.65. The first-order valence-corrected chi connectivity index (χ1v) is 43.4. The number of phosphoric ester groups is 2. The minimum Gasteiger partial charge on any atom is -0.462 e. The van der Waals surface area contributed by atoms with E-state index in [-0.39, 0.29) is 25.7 Å². The fourth-order valence-electron chi connectivity index (χ4n) is 10.3. The van der Waals surface area contributed by atoms with Crippen LogP contribution in [0.3, 0.4) is 0 Å². The largest absolute Gasteiger partial charge is 0.472 e. The van der Waals surface area contributed by atoms with Crippen LogP contribution in [-0.2, 0) is 65.4 Å². The Labute approximate surface area is 631 Å². The molecule has 0 aliphatic rings. The van der Waals surface area contributed by atoms with Crippen LogP contribution in [0.25, 0.3) is 0 Å². The molecule has 0 bridgehead atoms. The van der Waals surface area contributed by atoms with Gasteiger partial charge in [-0.25, -0.2) is 9.13 Å². The van der Waals surface area contributed by atoms with Crippen molar-refractivity contribution in [1.82, 2.24) is 0 Å². The van der Waals surface area contributed by atoms with Gasteiger partial charge in [-0.3, -0.25) is 37.3 Å². The summed E-state index contributed by atoms with van der Waals surface area (Å²) in [5.74, 6) is -2.32. The van der Waals surface area contributed by atoms with Gasteiger partial charge in [0.25, 0.3) is 0 Å². The maximum absolute atomic E-state index is 13.1. The minimum absolute atomic E-state index is 0.0146. The summed E-state index contributed by atoms with van der Waals surface area (Å²) in [7, 11) is -10.0. The first kappa shape index (κ1) is 99.2. The summed E-state index contributed by atoms with van der Waals surface area (Å²) < 4.78 is 68.5. The molecule has 5 atom stereocenters. The average molecular weight is 1500 g/mol. The van der Waals surface area contributed by atoms with Crippen LogP contribution in [0.1, 0.15) is 323 Å². The third kappa shape index (κ3) is 75.4. The molecule has 0 aromatic carbocycles. The molecule has 0 rings (SSSR count). The Morgan fingerprint density at radius 3 is 0.798 bits per heavy atom. The molecule has 0 heterocycles. The lowest BCUT2D eigenvalue weighted by atomic mass is 10.1. The summed E-state index contributed by atoms with van der Waals surface area (Å²) in [5.41, 5.74) is 0. The van der Waals surface area contributed by atoms with Gasteiger partial charge in [0.2, 0.25) is 0 Å². The molecule has 19 heteroatoms. The van der Waals surface area contributed by atoms with Crippen LogP contribution in [0.4, 0.5) is 0 Å². The fourth-order valence-corrected chi connectivity index (χ4v) is 11.9. The number of aliphatic hydroxyl groups excluding tert-OH is 1. The van der Waals surface area contributed by atoms with Crippen molar-refractivity contribution in [2.75, 3.05) is 39.6 Å². The van der Waals surface area contributed by atoms with Crippen LogP contribution >= 0.6 is 15.6 Å². The molecule has 596 valence electrons. The Morgan fingerprint density at radius 1 is 0.269 bits per heavy atom. The van der Waals surface area contributed by atoms with Crippen molar-refractivity contribution in [3.8, 4) is 0 Å². The summed E-state index contributed by atoms with van der Waals surface area (Å²) in [5, 5.41) is 10.6. The molecule has 0 aliphatic heterocycles. The summed E-state index contributed by atoms with van der Waals surface area (Å²) in [4.78, 5) is 73.0. The van der Waals surface area contributed by atoms with Gasteiger partial charge in [0.15, 0.2) is 12.2 Å². The maximum Gasteiger partial charge on any atom is 0.472 e. The highest BCUT2D eigenvalue weighted by Crippen LogP contribution is 2.45. The number of allylic oxidation sites excluding steroid dienone is 22. The molecule has 2 unspecified atom stereocenters. The zero-order chi connectivity index (χ0) is 76.0. The number of esters is 4. The Morgan fingerprint density at radius 2 is 0.481 bits per heavy atom. The van der Waals surface area contributed by atoms with E-state index in [2.05, 4.69) is 137 Å². The molecular weight excluding hydrogens is 1350 g/mol. The molecule has 0 radical (unpaired) electrons. The van der Waals surface area contributed by atoms with Gasteiger partial charge in [-0.05, 0) is 161 Å². The summed E-state index contributed by atoms with van der Waals surface area (Å²) >= 11 is 0. The lowest BCUT2D eigenvalue weighted by molar-refractivity contribution is -0.161. The Kier molecular flexibility index (Phi) is 72.9. The lowest BCUT2D eigenvalue weighted by Crippen LogP contribution is -2.30. The van der Waals surface area contributed by atoms with Crippen molar-refractivity contribution in [3.05, 3.63) is 134 Å². The third-order valence-electron chi connectivity index (χ3n) is 16.6. The topological polar surface area (TPSA) is 237 Å². The van der Waals surface area contributed by atoms with Crippen molar-refractivity contribution in [3.63, 3.8) is 0 Å². The molecule has 104 heavy (non-hydrogen) atoms. The molecule has 3 N–H and O–H groups in total. The van der Waals surface area contributed by atoms with E-state index in [0.29, 0.717) is 38.5 Å². The first-order chi connectivity index (χ1) is 50.7. The standard InChI is InChI=1S/C85H144O17P2/c1-5-9-13-17-21-25-29-33-37-39-43-46-50-54-58-62-66-70-83(88)96-76-80(101-84(89)71-67-63-59-55-51-47-42-36-32-28-24-20-16-12-8-4)77-99-103(91,92)97-73-79(86)74-98-104(93,94)100-78-81(75-95-82(87)69-65-61-57-53-49-45-41-35-31-27-23-19-15-11-7-3)102-85(90)72-68-64-60-56-52-48-44-40-38-34-30-26-22-18-14-10-6-2/h21-22,24-28,31,33-34,36-38,42-44,46,48,54,56,58,60,79-81,86H,5-20,23,29-30,32,35,39-41,45,47,49-53,55,57,59,61-78H2,1-4H3,(H,91,92)(H,93,94)/b25-21-,26-22-,28-24-,31-27-,37-33-,38-34-,42-36-,46-43-,48-44-,58-54-,60-56-/t79-,80-,81-/m1/s1. The Balaban J connectivity index is 5.48. The molecule has 0 aromatic rings. The molecule has 17 nitrogen and oxygen atoms in total. The molecule has 0 saturated carbocycles. The van der Waals surface area contributed by atoms with Gasteiger partial charge >= 0.3 is 39.5 Å². The smallest absolute Gasteiger partial charge is 0.462 e. The highest BCUT2D eigenvalue weighted by Gasteiger charge is 2.30. The van der Waals surface area contributed by atoms with E-state index in [0.717, 1.165) is 141 Å². The number of hydrogen-bond acceptors (Lipinski definition) is 15. The van der Waals surface area contributed by atoms with E-state index in [4.69, 9.17) is 37.0 Å². The third-order valence-corrected chi connectivity index (χ3v) is 18.5. The van der Waals surface area contributed by atoms with Crippen molar-refractivity contribution in [2.45, 2.75) is 341 Å². The van der Waals surface area contributed by atoms with Gasteiger partial charge in [0, 0.05) is 25.7 Å². The van der Waals surface area contributed by atoms with Crippen molar-refractivity contribution in [1.29, 1.82) is 0 Å². The molecule has 0 amide bonds. The monoisotopic (exact) mass is 1500 g/mol. The Bertz CT molecular complexity index is 2490. The van der Waals surface area contributed by atoms with Crippen LogP contribution in [0, 0.1) is 0 Å². The minimum atomic E-state index is -5.00. The van der Waals surface area contributed by atoms with E-state index in [1.807, 2.05) is 24.3 Å². The first-order valence-electron chi connectivity index (χ1n) is 40.4.